The van der Waals surface area contributed by atoms with Crippen molar-refractivity contribution >= 4 is 23.2 Å². The summed E-state index contributed by atoms with van der Waals surface area (Å²) in [6.45, 7) is 2.79. The lowest BCUT2D eigenvalue weighted by Crippen LogP contribution is -2.39. The lowest BCUT2D eigenvalue weighted by Gasteiger charge is -2.30. The van der Waals surface area contributed by atoms with Crippen LogP contribution in [0.3, 0.4) is 0 Å². The molecule has 0 saturated heterocycles. The van der Waals surface area contributed by atoms with Crippen molar-refractivity contribution in [1.82, 2.24) is 0 Å². The molecule has 0 aliphatic carbocycles. The van der Waals surface area contributed by atoms with E-state index in [9.17, 15) is 14.0 Å². The highest BCUT2D eigenvalue weighted by molar-refractivity contribution is 5.99. The van der Waals surface area contributed by atoms with Crippen LogP contribution in [0.1, 0.15) is 31.7 Å². The van der Waals surface area contributed by atoms with Crippen LogP contribution in [0.2, 0.25) is 0 Å². The summed E-state index contributed by atoms with van der Waals surface area (Å²) in [5, 5.41) is 2.83. The second-order valence-electron chi connectivity index (χ2n) is 6.58. The lowest BCUT2D eigenvalue weighted by molar-refractivity contribution is -0.121. The molecule has 0 fully saturated rings. The maximum absolute atomic E-state index is 13.0. The SMILES string of the molecule is CCCCCN1C(=O)COc2ccc(NC(=O)Cc3ccc(F)cc3)cc21. The molecule has 5 nitrogen and oxygen atoms in total. The molecule has 3 rings (SSSR count). The highest BCUT2D eigenvalue weighted by Crippen LogP contribution is 2.34. The number of carbonyl (C=O) groups is 2. The van der Waals surface area contributed by atoms with Gasteiger partial charge in [-0.1, -0.05) is 31.9 Å². The summed E-state index contributed by atoms with van der Waals surface area (Å²) in [6.07, 6.45) is 3.19. The van der Waals surface area contributed by atoms with Gasteiger partial charge in [0.1, 0.15) is 11.6 Å². The number of fused-ring (bicyclic) bond motifs is 1. The van der Waals surface area contributed by atoms with E-state index in [0.29, 0.717) is 23.7 Å². The Morgan fingerprint density at radius 1 is 1.19 bits per heavy atom. The number of rotatable bonds is 7. The summed E-state index contributed by atoms with van der Waals surface area (Å²) in [5.41, 5.74) is 2.01. The average molecular weight is 370 g/mol. The number of nitrogens with zero attached hydrogens (tertiary/aromatic N) is 1. The van der Waals surface area contributed by atoms with Crippen molar-refractivity contribution in [3.05, 3.63) is 53.8 Å². The van der Waals surface area contributed by atoms with Gasteiger partial charge in [-0.05, 0) is 42.3 Å². The number of anilines is 2. The zero-order valence-corrected chi connectivity index (χ0v) is 15.3. The summed E-state index contributed by atoms with van der Waals surface area (Å²) < 4.78 is 18.5. The van der Waals surface area contributed by atoms with E-state index in [1.54, 1.807) is 35.2 Å². The molecule has 1 heterocycles. The van der Waals surface area contributed by atoms with Crippen LogP contribution in [0.15, 0.2) is 42.5 Å². The molecule has 2 amide bonds. The molecule has 0 unspecified atom stereocenters. The van der Waals surface area contributed by atoms with Gasteiger partial charge in [0.25, 0.3) is 5.91 Å². The van der Waals surface area contributed by atoms with Crippen LogP contribution in [-0.2, 0) is 16.0 Å². The smallest absolute Gasteiger partial charge is 0.265 e. The Morgan fingerprint density at radius 2 is 1.96 bits per heavy atom. The lowest BCUT2D eigenvalue weighted by atomic mass is 10.1. The van der Waals surface area contributed by atoms with Crippen molar-refractivity contribution in [2.24, 2.45) is 0 Å². The van der Waals surface area contributed by atoms with Gasteiger partial charge in [0.05, 0.1) is 12.1 Å². The summed E-state index contributed by atoms with van der Waals surface area (Å²) in [7, 11) is 0. The van der Waals surface area contributed by atoms with E-state index in [4.69, 9.17) is 4.74 Å². The summed E-state index contributed by atoms with van der Waals surface area (Å²) in [4.78, 5) is 26.2. The third-order valence-corrected chi connectivity index (χ3v) is 4.45. The summed E-state index contributed by atoms with van der Waals surface area (Å²) in [6, 6.07) is 11.1. The van der Waals surface area contributed by atoms with E-state index >= 15 is 0 Å². The van der Waals surface area contributed by atoms with Gasteiger partial charge in [-0.15, -0.1) is 0 Å². The first-order chi connectivity index (χ1) is 13.1. The van der Waals surface area contributed by atoms with Crippen molar-refractivity contribution in [3.63, 3.8) is 0 Å². The van der Waals surface area contributed by atoms with Crippen LogP contribution in [0.25, 0.3) is 0 Å². The third kappa shape index (κ3) is 4.84. The van der Waals surface area contributed by atoms with Gasteiger partial charge >= 0.3 is 0 Å². The van der Waals surface area contributed by atoms with Gasteiger partial charge < -0.3 is 15.0 Å². The first kappa shape index (κ1) is 18.9. The second kappa shape index (κ2) is 8.66. The van der Waals surface area contributed by atoms with E-state index < -0.39 is 0 Å². The Balaban J connectivity index is 1.71. The fourth-order valence-electron chi connectivity index (χ4n) is 3.04. The van der Waals surface area contributed by atoms with Crippen LogP contribution in [-0.4, -0.2) is 25.0 Å². The zero-order chi connectivity index (χ0) is 19.2. The Morgan fingerprint density at radius 3 is 2.70 bits per heavy atom. The van der Waals surface area contributed by atoms with Gasteiger partial charge in [0.15, 0.2) is 6.61 Å². The molecular weight excluding hydrogens is 347 g/mol. The number of nitrogens with one attached hydrogen (secondary N) is 1. The molecule has 27 heavy (non-hydrogen) atoms. The molecule has 1 aliphatic heterocycles. The molecule has 1 aliphatic rings. The van der Waals surface area contributed by atoms with Crippen LogP contribution < -0.4 is 15.0 Å². The Labute approximate surface area is 158 Å². The molecule has 142 valence electrons. The van der Waals surface area contributed by atoms with Gasteiger partial charge in [-0.3, -0.25) is 9.59 Å². The fourth-order valence-corrected chi connectivity index (χ4v) is 3.04. The van der Waals surface area contributed by atoms with E-state index in [1.807, 2.05) is 0 Å². The van der Waals surface area contributed by atoms with Crippen LogP contribution in [0.4, 0.5) is 15.8 Å². The Bertz CT molecular complexity index is 821. The molecule has 1 N–H and O–H groups in total. The van der Waals surface area contributed by atoms with Crippen molar-refractivity contribution in [1.29, 1.82) is 0 Å². The third-order valence-electron chi connectivity index (χ3n) is 4.45. The molecule has 0 saturated carbocycles. The number of hydrogen-bond acceptors (Lipinski definition) is 3. The molecule has 0 bridgehead atoms. The number of benzene rings is 2. The highest BCUT2D eigenvalue weighted by atomic mass is 19.1. The van der Waals surface area contributed by atoms with Crippen LogP contribution >= 0.6 is 0 Å². The first-order valence-electron chi connectivity index (χ1n) is 9.18. The molecule has 0 atom stereocenters. The van der Waals surface area contributed by atoms with Crippen molar-refractivity contribution in [3.8, 4) is 5.75 Å². The Hall–Kier alpha value is -2.89. The molecule has 0 aromatic heterocycles. The number of hydrogen-bond donors (Lipinski definition) is 1. The number of unbranched alkanes of at least 4 members (excludes halogenated alkanes) is 2. The minimum Gasteiger partial charge on any atom is -0.482 e. The molecule has 6 heteroatoms. The van der Waals surface area contributed by atoms with E-state index in [1.165, 1.54) is 12.1 Å². The molecule has 2 aromatic rings. The fraction of sp³-hybridized carbons (Fsp3) is 0.333. The van der Waals surface area contributed by atoms with E-state index in [0.717, 1.165) is 24.8 Å². The van der Waals surface area contributed by atoms with Gasteiger partial charge in [0, 0.05) is 12.2 Å². The average Bonchev–Trinajstić information content (AvgIpc) is 2.65. The van der Waals surface area contributed by atoms with Crippen LogP contribution in [0, 0.1) is 5.82 Å². The normalized spacial score (nSPS) is 13.1. The summed E-state index contributed by atoms with van der Waals surface area (Å²) in [5.74, 6) is 0.0276. The maximum Gasteiger partial charge on any atom is 0.265 e. The number of amides is 2. The quantitative estimate of drug-likeness (QED) is 0.752. The second-order valence-corrected chi connectivity index (χ2v) is 6.58. The predicted molar refractivity (Wildman–Crippen MR) is 103 cm³/mol. The van der Waals surface area contributed by atoms with Crippen molar-refractivity contribution in [2.75, 3.05) is 23.4 Å². The highest BCUT2D eigenvalue weighted by Gasteiger charge is 2.25. The van der Waals surface area contributed by atoms with Gasteiger partial charge in [-0.2, -0.15) is 0 Å². The zero-order valence-electron chi connectivity index (χ0n) is 15.3. The van der Waals surface area contributed by atoms with Crippen molar-refractivity contribution < 1.29 is 18.7 Å². The van der Waals surface area contributed by atoms with E-state index in [-0.39, 0.29) is 30.7 Å². The number of carbonyl (C=O) groups excluding carboxylic acids is 2. The standard InChI is InChI=1S/C21H23FN2O3/c1-2-3-4-11-24-18-13-17(9-10-19(18)27-14-21(24)26)23-20(25)12-15-5-7-16(22)8-6-15/h5-10,13H,2-4,11-12,14H2,1H3,(H,23,25). The maximum atomic E-state index is 13.0. The topological polar surface area (TPSA) is 58.6 Å². The predicted octanol–water partition coefficient (Wildman–Crippen LogP) is 3.92. The Kier molecular flexibility index (Phi) is 6.06. The molecule has 0 radical (unpaired) electrons. The number of ether oxygens (including phenoxy) is 1. The molecule has 0 spiro atoms. The minimum absolute atomic E-state index is 0.0371. The molecular formula is C21H23FN2O3. The van der Waals surface area contributed by atoms with Gasteiger partial charge in [0.2, 0.25) is 5.91 Å². The summed E-state index contributed by atoms with van der Waals surface area (Å²) >= 11 is 0. The monoisotopic (exact) mass is 370 g/mol. The largest absolute Gasteiger partial charge is 0.482 e. The molecule has 2 aromatic carbocycles. The van der Waals surface area contributed by atoms with E-state index in [2.05, 4.69) is 12.2 Å². The van der Waals surface area contributed by atoms with Crippen LogP contribution in [0.5, 0.6) is 5.75 Å². The van der Waals surface area contributed by atoms with Gasteiger partial charge in [-0.25, -0.2) is 4.39 Å². The van der Waals surface area contributed by atoms with Crippen molar-refractivity contribution in [2.45, 2.75) is 32.6 Å². The minimum atomic E-state index is -0.332. The first-order valence-corrected chi connectivity index (χ1v) is 9.18. The number of halogens is 1.